The number of thioether (sulfide) groups is 1. The number of sulfonamides is 1. The largest absolute Gasteiger partial charge is 0.325 e. The summed E-state index contributed by atoms with van der Waals surface area (Å²) in [5.41, 5.74) is 1.50. The molecule has 0 aliphatic carbocycles. The van der Waals surface area contributed by atoms with Crippen molar-refractivity contribution in [2.75, 3.05) is 5.32 Å². The minimum atomic E-state index is -3.70. The minimum absolute atomic E-state index is 0.0895. The van der Waals surface area contributed by atoms with Gasteiger partial charge in [-0.25, -0.2) is 8.42 Å². The summed E-state index contributed by atoms with van der Waals surface area (Å²) in [6, 6.07) is 14.3. The van der Waals surface area contributed by atoms with E-state index < -0.39 is 10.0 Å². The molecule has 1 atom stereocenters. The van der Waals surface area contributed by atoms with Crippen molar-refractivity contribution >= 4 is 33.4 Å². The normalized spacial score (nSPS) is 17.5. The number of hydrogen-bond acceptors (Lipinski definition) is 4. The van der Waals surface area contributed by atoms with E-state index in [1.165, 1.54) is 4.31 Å². The Labute approximate surface area is 165 Å². The molecule has 2 aromatic carbocycles. The monoisotopic (exact) mass is 404 g/mol. The highest BCUT2D eigenvalue weighted by molar-refractivity contribution is 8.00. The molecule has 1 N–H and O–H groups in total. The number of nitrogens with one attached hydrogen (secondary N) is 1. The lowest BCUT2D eigenvalue weighted by atomic mass is 10.2. The van der Waals surface area contributed by atoms with Crippen LogP contribution >= 0.6 is 11.8 Å². The van der Waals surface area contributed by atoms with Gasteiger partial charge in [0, 0.05) is 29.2 Å². The lowest BCUT2D eigenvalue weighted by Gasteiger charge is -2.26. The van der Waals surface area contributed by atoms with E-state index in [-0.39, 0.29) is 22.1 Å². The van der Waals surface area contributed by atoms with Crippen LogP contribution in [-0.4, -0.2) is 29.9 Å². The molecule has 0 saturated carbocycles. The summed E-state index contributed by atoms with van der Waals surface area (Å²) in [7, 11) is -3.70. The average Bonchev–Trinajstić information content (AvgIpc) is 2.75. The third-order valence-electron chi connectivity index (χ3n) is 4.39. The van der Waals surface area contributed by atoms with Gasteiger partial charge in [-0.3, -0.25) is 4.79 Å². The van der Waals surface area contributed by atoms with Gasteiger partial charge in [-0.2, -0.15) is 4.31 Å². The first-order valence-corrected chi connectivity index (χ1v) is 11.3. The number of rotatable bonds is 5. The van der Waals surface area contributed by atoms with Crippen molar-refractivity contribution in [3.05, 3.63) is 54.1 Å². The first-order valence-electron chi connectivity index (χ1n) is 8.93. The Morgan fingerprint density at radius 2 is 1.89 bits per heavy atom. The molecule has 3 rings (SSSR count). The standard InChI is InChI=1S/C20H24N2O3S2/c1-14(2)22(13-16-7-5-4-6-8-16)27(24,25)17-9-10-19-18(12-17)21-20(23)11-15(3)26-19/h4-10,12,14-15H,11,13H2,1-3H3,(H,21,23)/t15-/m1/s1. The summed E-state index contributed by atoms with van der Waals surface area (Å²) >= 11 is 1.58. The van der Waals surface area contributed by atoms with Gasteiger partial charge in [0.15, 0.2) is 0 Å². The highest BCUT2D eigenvalue weighted by Crippen LogP contribution is 2.37. The van der Waals surface area contributed by atoms with Crippen molar-refractivity contribution in [1.82, 2.24) is 4.31 Å². The van der Waals surface area contributed by atoms with E-state index in [0.29, 0.717) is 18.7 Å². The lowest BCUT2D eigenvalue weighted by molar-refractivity contribution is -0.116. The molecule has 0 radical (unpaired) electrons. The first kappa shape index (κ1) is 19.9. The first-order chi connectivity index (χ1) is 12.8. The Kier molecular flexibility index (Phi) is 5.93. The SMILES string of the molecule is CC(C)N(Cc1ccccc1)S(=O)(=O)c1ccc2c(c1)NC(=O)C[C@@H](C)S2. The van der Waals surface area contributed by atoms with Crippen molar-refractivity contribution in [1.29, 1.82) is 0 Å². The van der Waals surface area contributed by atoms with Crippen LogP contribution in [0.3, 0.4) is 0 Å². The van der Waals surface area contributed by atoms with Crippen LogP contribution < -0.4 is 5.32 Å². The van der Waals surface area contributed by atoms with E-state index in [9.17, 15) is 13.2 Å². The zero-order valence-corrected chi connectivity index (χ0v) is 17.3. The molecule has 1 heterocycles. The fourth-order valence-corrected chi connectivity index (χ4v) is 5.74. The van der Waals surface area contributed by atoms with Crippen LogP contribution in [0.4, 0.5) is 5.69 Å². The molecule has 0 fully saturated rings. The Hall–Kier alpha value is -1.83. The molecule has 27 heavy (non-hydrogen) atoms. The van der Waals surface area contributed by atoms with Crippen LogP contribution in [0.5, 0.6) is 0 Å². The van der Waals surface area contributed by atoms with Gasteiger partial charge in [-0.1, -0.05) is 37.3 Å². The summed E-state index contributed by atoms with van der Waals surface area (Å²) in [4.78, 5) is 13.1. The summed E-state index contributed by atoms with van der Waals surface area (Å²) in [5, 5.41) is 2.99. The van der Waals surface area contributed by atoms with Gasteiger partial charge in [0.25, 0.3) is 0 Å². The van der Waals surface area contributed by atoms with E-state index in [1.807, 2.05) is 51.1 Å². The molecule has 0 aromatic heterocycles. The lowest BCUT2D eigenvalue weighted by Crippen LogP contribution is -2.36. The van der Waals surface area contributed by atoms with Crippen LogP contribution in [0.1, 0.15) is 32.8 Å². The predicted molar refractivity (Wildman–Crippen MR) is 109 cm³/mol. The van der Waals surface area contributed by atoms with Gasteiger partial charge in [-0.15, -0.1) is 11.8 Å². The Morgan fingerprint density at radius 1 is 1.19 bits per heavy atom. The molecule has 0 spiro atoms. The smallest absolute Gasteiger partial charge is 0.243 e. The maximum Gasteiger partial charge on any atom is 0.243 e. The van der Waals surface area contributed by atoms with Crippen molar-refractivity contribution in [3.8, 4) is 0 Å². The van der Waals surface area contributed by atoms with Crippen LogP contribution in [0.2, 0.25) is 0 Å². The van der Waals surface area contributed by atoms with Crippen molar-refractivity contribution in [2.45, 2.75) is 54.8 Å². The zero-order chi connectivity index (χ0) is 19.6. The van der Waals surface area contributed by atoms with Gasteiger partial charge < -0.3 is 5.32 Å². The van der Waals surface area contributed by atoms with E-state index in [1.54, 1.807) is 30.0 Å². The van der Waals surface area contributed by atoms with E-state index in [2.05, 4.69) is 5.32 Å². The van der Waals surface area contributed by atoms with Crippen molar-refractivity contribution in [3.63, 3.8) is 0 Å². The number of nitrogens with zero attached hydrogens (tertiary/aromatic N) is 1. The highest BCUT2D eigenvalue weighted by atomic mass is 32.2. The van der Waals surface area contributed by atoms with Crippen LogP contribution in [0.15, 0.2) is 58.3 Å². The molecule has 7 heteroatoms. The minimum Gasteiger partial charge on any atom is -0.325 e. The van der Waals surface area contributed by atoms with Crippen LogP contribution in [0, 0.1) is 0 Å². The third-order valence-corrected chi connectivity index (χ3v) is 7.59. The number of benzene rings is 2. The highest BCUT2D eigenvalue weighted by Gasteiger charge is 2.29. The van der Waals surface area contributed by atoms with Gasteiger partial charge in [0.2, 0.25) is 15.9 Å². The van der Waals surface area contributed by atoms with E-state index in [4.69, 9.17) is 0 Å². The maximum absolute atomic E-state index is 13.3. The maximum atomic E-state index is 13.3. The number of carbonyl (C=O) groups is 1. The second kappa shape index (κ2) is 8.04. The quantitative estimate of drug-likeness (QED) is 0.814. The molecule has 1 aliphatic rings. The predicted octanol–water partition coefficient (Wildman–Crippen LogP) is 4.11. The number of carbonyl (C=O) groups excluding carboxylic acids is 1. The van der Waals surface area contributed by atoms with Gasteiger partial charge in [-0.05, 0) is 37.6 Å². The summed E-state index contributed by atoms with van der Waals surface area (Å²) < 4.78 is 28.1. The summed E-state index contributed by atoms with van der Waals surface area (Å²) in [6.45, 7) is 6.02. The van der Waals surface area contributed by atoms with E-state index >= 15 is 0 Å². The molecule has 1 aliphatic heterocycles. The summed E-state index contributed by atoms with van der Waals surface area (Å²) in [5.74, 6) is -0.0895. The Morgan fingerprint density at radius 3 is 2.56 bits per heavy atom. The zero-order valence-electron chi connectivity index (χ0n) is 15.7. The topological polar surface area (TPSA) is 66.5 Å². The molecule has 0 saturated heterocycles. The molecule has 0 unspecified atom stereocenters. The average molecular weight is 405 g/mol. The molecule has 2 aromatic rings. The Bertz CT molecular complexity index is 927. The molecular formula is C20H24N2O3S2. The third kappa shape index (κ3) is 4.54. The summed E-state index contributed by atoms with van der Waals surface area (Å²) in [6.07, 6.45) is 0.410. The van der Waals surface area contributed by atoms with Gasteiger partial charge >= 0.3 is 0 Å². The second-order valence-electron chi connectivity index (χ2n) is 6.97. The molecule has 1 amide bonds. The number of amides is 1. The fourth-order valence-electron chi connectivity index (χ4n) is 3.03. The second-order valence-corrected chi connectivity index (χ2v) is 10.3. The molecule has 0 bridgehead atoms. The molecular weight excluding hydrogens is 380 g/mol. The van der Waals surface area contributed by atoms with Crippen molar-refractivity contribution < 1.29 is 13.2 Å². The van der Waals surface area contributed by atoms with Gasteiger partial charge in [0.05, 0.1) is 10.6 Å². The van der Waals surface area contributed by atoms with Crippen LogP contribution in [-0.2, 0) is 21.4 Å². The Balaban J connectivity index is 1.96. The van der Waals surface area contributed by atoms with E-state index in [0.717, 1.165) is 10.5 Å². The molecule has 5 nitrogen and oxygen atoms in total. The number of anilines is 1. The van der Waals surface area contributed by atoms with Crippen LogP contribution in [0.25, 0.3) is 0 Å². The van der Waals surface area contributed by atoms with Crippen molar-refractivity contribution in [2.24, 2.45) is 0 Å². The number of hydrogen-bond donors (Lipinski definition) is 1. The van der Waals surface area contributed by atoms with Gasteiger partial charge in [0.1, 0.15) is 0 Å². The number of fused-ring (bicyclic) bond motifs is 1. The molecule has 144 valence electrons. The fraction of sp³-hybridized carbons (Fsp3) is 0.350.